The summed E-state index contributed by atoms with van der Waals surface area (Å²) in [4.78, 5) is 15.2. The number of hydrogen-bond donors (Lipinski definition) is 1. The maximum Gasteiger partial charge on any atom is 0.354 e. The molecule has 0 aliphatic heterocycles. The van der Waals surface area contributed by atoms with Gasteiger partial charge < -0.3 is 9.67 Å². The SMILES string of the molecule is Cn1cnnc1Sc1ccnc(C(=O)O)c1. The van der Waals surface area contributed by atoms with Crippen LogP contribution in [0.1, 0.15) is 10.5 Å². The molecule has 0 radical (unpaired) electrons. The molecular weight excluding hydrogens is 228 g/mol. The van der Waals surface area contributed by atoms with Crippen molar-refractivity contribution in [3.05, 3.63) is 30.4 Å². The van der Waals surface area contributed by atoms with E-state index in [0.29, 0.717) is 5.16 Å². The summed E-state index contributed by atoms with van der Waals surface area (Å²) in [6.07, 6.45) is 3.05. The zero-order valence-electron chi connectivity index (χ0n) is 8.36. The Kier molecular flexibility index (Phi) is 2.86. The van der Waals surface area contributed by atoms with Crippen molar-refractivity contribution < 1.29 is 9.90 Å². The molecule has 16 heavy (non-hydrogen) atoms. The van der Waals surface area contributed by atoms with Gasteiger partial charge in [0.25, 0.3) is 0 Å². The largest absolute Gasteiger partial charge is 0.477 e. The number of nitrogens with zero attached hydrogens (tertiary/aromatic N) is 4. The normalized spacial score (nSPS) is 10.3. The van der Waals surface area contributed by atoms with E-state index in [-0.39, 0.29) is 5.69 Å². The van der Waals surface area contributed by atoms with Gasteiger partial charge in [0.05, 0.1) is 0 Å². The number of pyridine rings is 1. The molecule has 0 bridgehead atoms. The summed E-state index contributed by atoms with van der Waals surface area (Å²) >= 11 is 1.34. The Morgan fingerprint density at radius 3 is 3.00 bits per heavy atom. The first-order valence-electron chi connectivity index (χ1n) is 4.38. The molecule has 0 aliphatic rings. The third-order valence-corrected chi connectivity index (χ3v) is 2.87. The van der Waals surface area contributed by atoms with Crippen molar-refractivity contribution in [2.75, 3.05) is 0 Å². The fourth-order valence-electron chi connectivity index (χ4n) is 1.06. The summed E-state index contributed by atoms with van der Waals surface area (Å²) < 4.78 is 1.76. The Bertz CT molecular complexity index is 526. The Morgan fingerprint density at radius 2 is 2.38 bits per heavy atom. The van der Waals surface area contributed by atoms with Gasteiger partial charge in [-0.15, -0.1) is 10.2 Å². The lowest BCUT2D eigenvalue weighted by Gasteiger charge is -2.00. The topological polar surface area (TPSA) is 80.9 Å². The summed E-state index contributed by atoms with van der Waals surface area (Å²) in [5.74, 6) is -1.04. The van der Waals surface area contributed by atoms with Gasteiger partial charge >= 0.3 is 5.97 Å². The molecule has 0 aliphatic carbocycles. The highest BCUT2D eigenvalue weighted by Gasteiger charge is 2.08. The fraction of sp³-hybridized carbons (Fsp3) is 0.111. The molecule has 2 aromatic heterocycles. The van der Waals surface area contributed by atoms with E-state index in [0.717, 1.165) is 4.90 Å². The molecular formula is C9H8N4O2S. The molecule has 0 unspecified atom stereocenters. The lowest BCUT2D eigenvalue weighted by Crippen LogP contribution is -1.99. The van der Waals surface area contributed by atoms with E-state index in [2.05, 4.69) is 15.2 Å². The molecule has 0 amide bonds. The van der Waals surface area contributed by atoms with Crippen LogP contribution in [0.2, 0.25) is 0 Å². The number of carboxylic acid groups (broad SMARTS) is 1. The van der Waals surface area contributed by atoms with Gasteiger partial charge in [0.15, 0.2) is 5.16 Å². The van der Waals surface area contributed by atoms with Crippen LogP contribution in [-0.4, -0.2) is 30.8 Å². The van der Waals surface area contributed by atoms with Gasteiger partial charge in [0.2, 0.25) is 0 Å². The van der Waals surface area contributed by atoms with Crippen molar-refractivity contribution in [3.63, 3.8) is 0 Å². The standard InChI is InChI=1S/C9H8N4O2S/c1-13-5-11-12-9(13)16-6-2-3-10-7(4-6)8(14)15/h2-5H,1H3,(H,14,15). The molecule has 0 saturated heterocycles. The molecule has 2 heterocycles. The molecule has 2 rings (SSSR count). The van der Waals surface area contributed by atoms with Crippen molar-refractivity contribution >= 4 is 17.7 Å². The van der Waals surface area contributed by atoms with Crippen molar-refractivity contribution in [1.29, 1.82) is 0 Å². The van der Waals surface area contributed by atoms with Gasteiger partial charge in [-0.3, -0.25) is 0 Å². The van der Waals surface area contributed by atoms with Crippen LogP contribution < -0.4 is 0 Å². The van der Waals surface area contributed by atoms with E-state index in [1.165, 1.54) is 24.0 Å². The highest BCUT2D eigenvalue weighted by Crippen LogP contribution is 2.24. The number of rotatable bonds is 3. The number of aromatic nitrogens is 4. The molecule has 0 aromatic carbocycles. The minimum atomic E-state index is -1.04. The molecule has 0 spiro atoms. The molecule has 2 aromatic rings. The zero-order valence-corrected chi connectivity index (χ0v) is 9.18. The van der Waals surface area contributed by atoms with E-state index in [4.69, 9.17) is 5.11 Å². The van der Waals surface area contributed by atoms with Gasteiger partial charge in [-0.05, 0) is 23.9 Å². The molecule has 82 valence electrons. The Morgan fingerprint density at radius 1 is 1.56 bits per heavy atom. The Hall–Kier alpha value is -1.89. The Labute approximate surface area is 95.3 Å². The second-order valence-electron chi connectivity index (χ2n) is 3.01. The average molecular weight is 236 g/mol. The molecule has 6 nitrogen and oxygen atoms in total. The van der Waals surface area contributed by atoms with E-state index in [1.54, 1.807) is 17.0 Å². The first kappa shape index (κ1) is 10.6. The smallest absolute Gasteiger partial charge is 0.354 e. The fourth-order valence-corrected chi connectivity index (χ4v) is 1.85. The predicted octanol–water partition coefficient (Wildman–Crippen LogP) is 1.06. The van der Waals surface area contributed by atoms with Crippen molar-refractivity contribution in [2.45, 2.75) is 10.1 Å². The number of aryl methyl sites for hydroxylation is 1. The third-order valence-electron chi connectivity index (χ3n) is 1.83. The lowest BCUT2D eigenvalue weighted by atomic mass is 10.4. The number of hydrogen-bond acceptors (Lipinski definition) is 5. The zero-order chi connectivity index (χ0) is 11.5. The summed E-state index contributed by atoms with van der Waals surface area (Å²) in [6, 6.07) is 3.23. The van der Waals surface area contributed by atoms with Crippen LogP contribution in [0.3, 0.4) is 0 Å². The molecule has 1 N–H and O–H groups in total. The maximum atomic E-state index is 10.7. The van der Waals surface area contributed by atoms with Gasteiger partial charge in [-0.1, -0.05) is 0 Å². The van der Waals surface area contributed by atoms with Crippen LogP contribution in [0.4, 0.5) is 0 Å². The van der Waals surface area contributed by atoms with E-state index >= 15 is 0 Å². The average Bonchev–Trinajstić information content (AvgIpc) is 2.65. The number of aromatic carboxylic acids is 1. The minimum absolute atomic E-state index is 0.0205. The lowest BCUT2D eigenvalue weighted by molar-refractivity contribution is 0.0690. The molecule has 0 saturated carbocycles. The van der Waals surface area contributed by atoms with Gasteiger partial charge in [-0.25, -0.2) is 9.78 Å². The third kappa shape index (κ3) is 2.19. The monoisotopic (exact) mass is 236 g/mol. The van der Waals surface area contributed by atoms with Crippen molar-refractivity contribution in [3.8, 4) is 0 Å². The van der Waals surface area contributed by atoms with Crippen LogP contribution in [0, 0.1) is 0 Å². The van der Waals surface area contributed by atoms with Gasteiger partial charge in [-0.2, -0.15) is 0 Å². The van der Waals surface area contributed by atoms with Crippen LogP contribution in [-0.2, 0) is 7.05 Å². The highest BCUT2D eigenvalue weighted by molar-refractivity contribution is 7.99. The van der Waals surface area contributed by atoms with Crippen molar-refractivity contribution in [1.82, 2.24) is 19.7 Å². The Balaban J connectivity index is 2.25. The van der Waals surface area contributed by atoms with Crippen LogP contribution >= 0.6 is 11.8 Å². The first-order valence-corrected chi connectivity index (χ1v) is 5.19. The molecule has 0 atom stereocenters. The second-order valence-corrected chi connectivity index (χ2v) is 4.05. The van der Waals surface area contributed by atoms with E-state index in [1.807, 2.05) is 7.05 Å². The number of carbonyl (C=O) groups is 1. The van der Waals surface area contributed by atoms with E-state index < -0.39 is 5.97 Å². The van der Waals surface area contributed by atoms with Crippen LogP contribution in [0.5, 0.6) is 0 Å². The van der Waals surface area contributed by atoms with Gasteiger partial charge in [0.1, 0.15) is 12.0 Å². The highest BCUT2D eigenvalue weighted by atomic mass is 32.2. The summed E-state index contributed by atoms with van der Waals surface area (Å²) in [7, 11) is 1.82. The van der Waals surface area contributed by atoms with Crippen LogP contribution in [0.25, 0.3) is 0 Å². The van der Waals surface area contributed by atoms with Crippen molar-refractivity contribution in [2.24, 2.45) is 7.05 Å². The second kappa shape index (κ2) is 4.31. The van der Waals surface area contributed by atoms with Gasteiger partial charge in [0, 0.05) is 18.1 Å². The quantitative estimate of drug-likeness (QED) is 0.858. The maximum absolute atomic E-state index is 10.7. The predicted molar refractivity (Wildman–Crippen MR) is 56.3 cm³/mol. The molecule has 7 heteroatoms. The summed E-state index contributed by atoms with van der Waals surface area (Å²) in [5, 5.41) is 17.1. The molecule has 0 fully saturated rings. The van der Waals surface area contributed by atoms with E-state index in [9.17, 15) is 4.79 Å². The number of carboxylic acids is 1. The minimum Gasteiger partial charge on any atom is -0.477 e. The first-order chi connectivity index (χ1) is 7.66. The summed E-state index contributed by atoms with van der Waals surface area (Å²) in [5.41, 5.74) is 0.0205. The summed E-state index contributed by atoms with van der Waals surface area (Å²) in [6.45, 7) is 0. The van der Waals surface area contributed by atoms with Crippen LogP contribution in [0.15, 0.2) is 34.7 Å².